The molecule has 42 heavy (non-hydrogen) atoms. The van der Waals surface area contributed by atoms with Crippen LogP contribution < -0.4 is 10.6 Å². The maximum absolute atomic E-state index is 14.1. The van der Waals surface area contributed by atoms with Crippen molar-refractivity contribution in [3.05, 3.63) is 51.9 Å². The van der Waals surface area contributed by atoms with Crippen molar-refractivity contribution in [2.24, 2.45) is 17.6 Å². The first kappa shape index (κ1) is 29.4. The van der Waals surface area contributed by atoms with E-state index < -0.39 is 58.0 Å². The second-order valence-corrected chi connectivity index (χ2v) is 12.1. The van der Waals surface area contributed by atoms with E-state index in [0.717, 1.165) is 5.69 Å². The zero-order chi connectivity index (χ0) is 31.0. The molecule has 12 nitrogen and oxygen atoms in total. The third kappa shape index (κ3) is 4.12. The Hall–Kier alpha value is -4.13. The van der Waals surface area contributed by atoms with Crippen molar-refractivity contribution in [1.82, 2.24) is 14.8 Å². The van der Waals surface area contributed by atoms with Crippen molar-refractivity contribution in [2.75, 3.05) is 47.2 Å². The number of aliphatic hydroxyl groups is 3. The Morgan fingerprint density at radius 3 is 2.33 bits per heavy atom. The Labute approximate surface area is 243 Å². The number of Topliss-reactive ketones (excluding diaryl/α,β-unsaturated/α-hetero) is 2. The molecule has 3 aliphatic carbocycles. The number of benzene rings is 1. The Morgan fingerprint density at radius 1 is 1.10 bits per heavy atom. The highest BCUT2D eigenvalue weighted by molar-refractivity contribution is 6.24. The number of likely N-dealkylation sites (N-methyl/N-ethyl adjacent to an activating group) is 1. The number of phenols is 1. The summed E-state index contributed by atoms with van der Waals surface area (Å²) in [4.78, 5) is 48.2. The number of hydrogen-bond donors (Lipinski definition) is 6. The SMILES string of the molecule is CN(C)Cc1ccc(-c2cc(N(C)C)c3c(c2O)C(O)=C2C(=O)[C@@]4(O)C(O)=C(C(N)=O)C(=O)[C@H](N(C)C)[C@H]4C[C@H]2C3)[nH]1. The summed E-state index contributed by atoms with van der Waals surface area (Å²) < 4.78 is 0. The number of amides is 1. The number of aromatic hydroxyl groups is 1. The quantitative estimate of drug-likeness (QED) is 0.271. The van der Waals surface area contributed by atoms with E-state index in [1.165, 1.54) is 4.90 Å². The average molecular weight is 580 g/mol. The molecule has 1 heterocycles. The molecule has 1 saturated carbocycles. The second-order valence-electron chi connectivity index (χ2n) is 12.1. The van der Waals surface area contributed by atoms with E-state index >= 15 is 0 Å². The minimum absolute atomic E-state index is 0.0334. The standard InChI is InChI=1S/C30H37N5O7/c1-33(2)12-14-7-8-18(32-14)15-11-19(34(3)4)16-9-13-10-17-23(35(5)6)26(38)22(29(31)41)28(40)30(17,42)27(39)20(13)25(37)21(16)24(15)36/h7-8,11,13,17,23,32,36-37,40,42H,9-10,12H2,1-6H3,(H2,31,41)/t13-,17-,23-,30-/m1/s1. The van der Waals surface area contributed by atoms with Crippen LogP contribution in [0.25, 0.3) is 17.0 Å². The van der Waals surface area contributed by atoms with Gasteiger partial charge in [-0.05, 0) is 70.7 Å². The number of aliphatic hydroxyl groups excluding tert-OH is 2. The zero-order valence-corrected chi connectivity index (χ0v) is 24.5. The number of phenolic OH excluding ortho intramolecular Hbond substituents is 1. The van der Waals surface area contributed by atoms with Gasteiger partial charge >= 0.3 is 0 Å². The van der Waals surface area contributed by atoms with Crippen LogP contribution in [0.3, 0.4) is 0 Å². The van der Waals surface area contributed by atoms with E-state index in [9.17, 15) is 34.8 Å². The highest BCUT2D eigenvalue weighted by Gasteiger charge is 2.64. The smallest absolute Gasteiger partial charge is 0.255 e. The van der Waals surface area contributed by atoms with Crippen molar-refractivity contribution >= 4 is 28.9 Å². The van der Waals surface area contributed by atoms with Crippen LogP contribution >= 0.6 is 0 Å². The molecule has 5 rings (SSSR count). The fraction of sp³-hybridized carbons (Fsp3) is 0.433. The monoisotopic (exact) mass is 579 g/mol. The first-order valence-electron chi connectivity index (χ1n) is 13.6. The number of carbonyl (C=O) groups excluding carboxylic acids is 3. The minimum atomic E-state index is -2.68. The van der Waals surface area contributed by atoms with Crippen LogP contribution in [0.5, 0.6) is 5.75 Å². The molecule has 3 aliphatic rings. The van der Waals surface area contributed by atoms with Gasteiger partial charge in [0.05, 0.1) is 11.6 Å². The molecule has 0 bridgehead atoms. The molecule has 224 valence electrons. The molecule has 1 aromatic carbocycles. The number of nitrogens with two attached hydrogens (primary N) is 1. The van der Waals surface area contributed by atoms with Gasteiger partial charge in [-0.3, -0.25) is 19.3 Å². The van der Waals surface area contributed by atoms with Gasteiger partial charge in [0.15, 0.2) is 11.4 Å². The van der Waals surface area contributed by atoms with Crippen LogP contribution in [-0.2, 0) is 27.3 Å². The maximum atomic E-state index is 14.1. The van der Waals surface area contributed by atoms with E-state index in [1.54, 1.807) is 14.1 Å². The predicted molar refractivity (Wildman–Crippen MR) is 156 cm³/mol. The summed E-state index contributed by atoms with van der Waals surface area (Å²) in [6.07, 6.45) is 0.248. The molecule has 0 spiro atoms. The highest BCUT2D eigenvalue weighted by atomic mass is 16.3. The number of primary amides is 1. The van der Waals surface area contributed by atoms with Crippen molar-refractivity contribution in [2.45, 2.75) is 31.0 Å². The van der Waals surface area contributed by atoms with Gasteiger partial charge in [0, 0.05) is 54.8 Å². The number of aromatic amines is 1. The first-order chi connectivity index (χ1) is 19.6. The van der Waals surface area contributed by atoms with Crippen LogP contribution in [0.1, 0.15) is 23.2 Å². The maximum Gasteiger partial charge on any atom is 0.255 e. The first-order valence-corrected chi connectivity index (χ1v) is 13.6. The van der Waals surface area contributed by atoms with Gasteiger partial charge in [-0.15, -0.1) is 0 Å². The summed E-state index contributed by atoms with van der Waals surface area (Å²) in [6, 6.07) is 4.41. The Morgan fingerprint density at radius 2 is 1.76 bits per heavy atom. The van der Waals surface area contributed by atoms with Gasteiger partial charge in [-0.2, -0.15) is 0 Å². The molecular weight excluding hydrogens is 542 g/mol. The van der Waals surface area contributed by atoms with E-state index in [4.69, 9.17) is 5.73 Å². The largest absolute Gasteiger partial charge is 0.508 e. The molecule has 0 aliphatic heterocycles. The number of nitrogens with zero attached hydrogens (tertiary/aromatic N) is 3. The van der Waals surface area contributed by atoms with Crippen LogP contribution in [0.2, 0.25) is 0 Å². The van der Waals surface area contributed by atoms with Gasteiger partial charge in [-0.25, -0.2) is 0 Å². The van der Waals surface area contributed by atoms with E-state index in [-0.39, 0.29) is 29.7 Å². The second kappa shape index (κ2) is 10.0. The zero-order valence-electron chi connectivity index (χ0n) is 24.5. The highest BCUT2D eigenvalue weighted by Crippen LogP contribution is 2.54. The number of carbonyl (C=O) groups is 3. The summed E-state index contributed by atoms with van der Waals surface area (Å²) in [5.41, 5.74) is 4.99. The molecule has 12 heteroatoms. The Balaban J connectivity index is 1.73. The Bertz CT molecular complexity index is 1580. The van der Waals surface area contributed by atoms with Crippen molar-refractivity contribution in [3.8, 4) is 17.0 Å². The van der Waals surface area contributed by atoms with Gasteiger partial charge in [0.25, 0.3) is 5.91 Å². The number of anilines is 1. The van der Waals surface area contributed by atoms with Crippen LogP contribution in [0.4, 0.5) is 5.69 Å². The van der Waals surface area contributed by atoms with Gasteiger partial charge in [-0.1, -0.05) is 0 Å². The predicted octanol–water partition coefficient (Wildman–Crippen LogP) is 1.09. The average Bonchev–Trinajstić information content (AvgIpc) is 3.33. The lowest BCUT2D eigenvalue weighted by molar-refractivity contribution is -0.153. The summed E-state index contributed by atoms with van der Waals surface area (Å²) in [7, 11) is 10.7. The molecule has 1 amide bonds. The normalized spacial score (nSPS) is 25.6. The molecule has 1 aromatic heterocycles. The lowest BCUT2D eigenvalue weighted by atomic mass is 9.57. The number of H-pyrrole nitrogens is 1. The number of rotatable bonds is 6. The number of nitrogens with one attached hydrogen (secondary N) is 1. The fourth-order valence-electron chi connectivity index (χ4n) is 6.93. The molecule has 4 atom stereocenters. The third-order valence-corrected chi connectivity index (χ3v) is 8.70. The summed E-state index contributed by atoms with van der Waals surface area (Å²) >= 11 is 0. The van der Waals surface area contributed by atoms with Crippen molar-refractivity contribution in [1.29, 1.82) is 0 Å². The molecule has 1 fully saturated rings. The summed E-state index contributed by atoms with van der Waals surface area (Å²) in [5, 5.41) is 46.1. The number of fused-ring (bicyclic) bond motifs is 3. The van der Waals surface area contributed by atoms with E-state index in [0.29, 0.717) is 29.1 Å². The molecule has 0 unspecified atom stereocenters. The van der Waals surface area contributed by atoms with Gasteiger partial charge in [0.2, 0.25) is 5.78 Å². The van der Waals surface area contributed by atoms with Crippen molar-refractivity contribution < 1.29 is 34.8 Å². The van der Waals surface area contributed by atoms with Crippen LogP contribution in [0, 0.1) is 11.8 Å². The molecule has 0 radical (unpaired) electrons. The van der Waals surface area contributed by atoms with E-state index in [1.807, 2.05) is 56.2 Å². The third-order valence-electron chi connectivity index (χ3n) is 8.70. The summed E-state index contributed by atoms with van der Waals surface area (Å²) in [6.45, 7) is 0.637. The summed E-state index contributed by atoms with van der Waals surface area (Å²) in [5.74, 6) is -6.73. The van der Waals surface area contributed by atoms with Gasteiger partial charge < -0.3 is 40.9 Å². The van der Waals surface area contributed by atoms with E-state index in [2.05, 4.69) is 4.98 Å². The van der Waals surface area contributed by atoms with Gasteiger partial charge in [0.1, 0.15) is 22.8 Å². The number of hydrogen-bond acceptors (Lipinski definition) is 10. The van der Waals surface area contributed by atoms with Crippen molar-refractivity contribution in [3.63, 3.8) is 0 Å². The number of aromatic nitrogens is 1. The minimum Gasteiger partial charge on any atom is -0.508 e. The number of ketones is 2. The molecular formula is C30H37N5O7. The molecule has 2 aromatic rings. The lowest BCUT2D eigenvalue weighted by Gasteiger charge is -2.50. The fourth-order valence-corrected chi connectivity index (χ4v) is 6.93. The molecule has 7 N–H and O–H groups in total. The lowest BCUT2D eigenvalue weighted by Crippen LogP contribution is -2.65. The topological polar surface area (TPSA) is 184 Å². The van der Waals surface area contributed by atoms with Crippen LogP contribution in [0.15, 0.2) is 35.1 Å². The molecule has 0 saturated heterocycles. The van der Waals surface area contributed by atoms with Crippen LogP contribution in [-0.4, -0.2) is 107 Å². The Kier molecular flexibility index (Phi) is 6.99.